The van der Waals surface area contributed by atoms with Crippen LogP contribution in [0.4, 0.5) is 10.5 Å². The molecule has 136 valence electrons. The Morgan fingerprint density at radius 3 is 2.65 bits per heavy atom. The molecule has 0 radical (unpaired) electrons. The zero-order valence-corrected chi connectivity index (χ0v) is 15.2. The Kier molecular flexibility index (Phi) is 5.56. The predicted molar refractivity (Wildman–Crippen MR) is 101 cm³/mol. The van der Waals surface area contributed by atoms with Crippen LogP contribution in [-0.4, -0.2) is 29.5 Å². The SMILES string of the molecule is Cc1ccc(NC(=O)[C@H]2CCCN2C(=O)OCc2ccccc2)c(C)c1. The molecule has 0 aromatic heterocycles. The lowest BCUT2D eigenvalue weighted by Gasteiger charge is -2.23. The number of nitrogens with one attached hydrogen (secondary N) is 1. The summed E-state index contributed by atoms with van der Waals surface area (Å²) in [5.74, 6) is -0.161. The van der Waals surface area contributed by atoms with Crippen molar-refractivity contribution in [3.63, 3.8) is 0 Å². The fraction of sp³-hybridized carbons (Fsp3) is 0.333. The molecule has 0 spiro atoms. The topological polar surface area (TPSA) is 58.6 Å². The molecule has 1 atom stereocenters. The number of amides is 2. The third-order valence-corrected chi connectivity index (χ3v) is 4.63. The lowest BCUT2D eigenvalue weighted by Crippen LogP contribution is -2.43. The van der Waals surface area contributed by atoms with Crippen LogP contribution in [0, 0.1) is 13.8 Å². The molecule has 1 N–H and O–H groups in total. The molecule has 1 aliphatic heterocycles. The first-order chi connectivity index (χ1) is 12.5. The summed E-state index contributed by atoms with van der Waals surface area (Å²) in [6.45, 7) is 4.73. The minimum Gasteiger partial charge on any atom is -0.445 e. The molecule has 0 saturated carbocycles. The lowest BCUT2D eigenvalue weighted by atomic mass is 10.1. The van der Waals surface area contributed by atoms with Gasteiger partial charge in [-0.05, 0) is 43.9 Å². The van der Waals surface area contributed by atoms with Crippen LogP contribution in [0.2, 0.25) is 0 Å². The van der Waals surface area contributed by atoms with Crippen molar-refractivity contribution in [2.45, 2.75) is 39.3 Å². The monoisotopic (exact) mass is 352 g/mol. The fourth-order valence-corrected chi connectivity index (χ4v) is 3.23. The summed E-state index contributed by atoms with van der Waals surface area (Å²) in [6, 6.07) is 14.9. The van der Waals surface area contributed by atoms with Gasteiger partial charge in [0.15, 0.2) is 0 Å². The van der Waals surface area contributed by atoms with Crippen LogP contribution >= 0.6 is 0 Å². The number of likely N-dealkylation sites (tertiary alicyclic amines) is 1. The molecular formula is C21H24N2O3. The second-order valence-corrected chi connectivity index (χ2v) is 6.70. The van der Waals surface area contributed by atoms with Crippen molar-refractivity contribution in [2.24, 2.45) is 0 Å². The normalized spacial score (nSPS) is 16.4. The van der Waals surface area contributed by atoms with Gasteiger partial charge < -0.3 is 10.1 Å². The molecule has 2 aromatic rings. The number of benzene rings is 2. The van der Waals surface area contributed by atoms with E-state index in [9.17, 15) is 9.59 Å². The van der Waals surface area contributed by atoms with Crippen LogP contribution in [0.5, 0.6) is 0 Å². The molecule has 0 bridgehead atoms. The third kappa shape index (κ3) is 4.23. The standard InChI is InChI=1S/C21H24N2O3/c1-15-10-11-18(16(2)13-15)22-20(24)19-9-6-12-23(19)21(25)26-14-17-7-4-3-5-8-17/h3-5,7-8,10-11,13,19H,6,9,12,14H2,1-2H3,(H,22,24)/t19-/m1/s1. The Labute approximate surface area is 154 Å². The third-order valence-electron chi connectivity index (χ3n) is 4.63. The van der Waals surface area contributed by atoms with Crippen molar-refractivity contribution in [1.29, 1.82) is 0 Å². The zero-order chi connectivity index (χ0) is 18.5. The molecule has 0 aliphatic carbocycles. The molecule has 5 heteroatoms. The summed E-state index contributed by atoms with van der Waals surface area (Å²) in [5.41, 5.74) is 3.86. The molecule has 0 unspecified atom stereocenters. The molecule has 3 rings (SSSR count). The average molecular weight is 352 g/mol. The molecule has 5 nitrogen and oxygen atoms in total. The summed E-state index contributed by atoms with van der Waals surface area (Å²) in [4.78, 5) is 26.6. The minimum atomic E-state index is -0.487. The van der Waals surface area contributed by atoms with Gasteiger partial charge in [-0.25, -0.2) is 4.79 Å². The van der Waals surface area contributed by atoms with E-state index in [2.05, 4.69) is 5.32 Å². The Hall–Kier alpha value is -2.82. The van der Waals surface area contributed by atoms with Crippen LogP contribution in [-0.2, 0) is 16.1 Å². The van der Waals surface area contributed by atoms with Gasteiger partial charge in [-0.1, -0.05) is 48.0 Å². The molecule has 1 aliphatic rings. The van der Waals surface area contributed by atoms with Gasteiger partial charge in [0.2, 0.25) is 5.91 Å². The van der Waals surface area contributed by atoms with Gasteiger partial charge in [-0.2, -0.15) is 0 Å². The van der Waals surface area contributed by atoms with Crippen LogP contribution in [0.25, 0.3) is 0 Å². The number of rotatable bonds is 4. The lowest BCUT2D eigenvalue weighted by molar-refractivity contribution is -0.120. The van der Waals surface area contributed by atoms with Crippen molar-refractivity contribution in [3.05, 3.63) is 65.2 Å². The van der Waals surface area contributed by atoms with E-state index in [-0.39, 0.29) is 12.5 Å². The van der Waals surface area contributed by atoms with E-state index in [1.165, 1.54) is 4.90 Å². The highest BCUT2D eigenvalue weighted by atomic mass is 16.6. The summed E-state index contributed by atoms with van der Waals surface area (Å²) < 4.78 is 5.39. The van der Waals surface area contributed by atoms with Gasteiger partial charge in [0.25, 0.3) is 0 Å². The maximum atomic E-state index is 12.7. The highest BCUT2D eigenvalue weighted by Gasteiger charge is 2.35. The second kappa shape index (κ2) is 8.04. The highest BCUT2D eigenvalue weighted by molar-refractivity contribution is 5.97. The van der Waals surface area contributed by atoms with Gasteiger partial charge in [-0.3, -0.25) is 9.69 Å². The average Bonchev–Trinajstić information content (AvgIpc) is 3.13. The maximum Gasteiger partial charge on any atom is 0.410 e. The van der Waals surface area contributed by atoms with Crippen molar-refractivity contribution in [3.8, 4) is 0 Å². The smallest absolute Gasteiger partial charge is 0.410 e. The van der Waals surface area contributed by atoms with E-state index < -0.39 is 12.1 Å². The highest BCUT2D eigenvalue weighted by Crippen LogP contribution is 2.22. The number of nitrogens with zero attached hydrogens (tertiary/aromatic N) is 1. The van der Waals surface area contributed by atoms with Crippen LogP contribution < -0.4 is 5.32 Å². The summed E-state index contributed by atoms with van der Waals surface area (Å²) in [5, 5.41) is 2.95. The van der Waals surface area contributed by atoms with Gasteiger partial charge in [0.05, 0.1) is 0 Å². The Bertz CT molecular complexity index is 789. The van der Waals surface area contributed by atoms with E-state index >= 15 is 0 Å². The number of carbonyl (C=O) groups is 2. The Balaban J connectivity index is 1.61. The molecule has 26 heavy (non-hydrogen) atoms. The Morgan fingerprint density at radius 1 is 1.15 bits per heavy atom. The number of aryl methyl sites for hydroxylation is 2. The fourth-order valence-electron chi connectivity index (χ4n) is 3.23. The molecule has 2 amide bonds. The van der Waals surface area contributed by atoms with Gasteiger partial charge in [-0.15, -0.1) is 0 Å². The first-order valence-corrected chi connectivity index (χ1v) is 8.90. The largest absolute Gasteiger partial charge is 0.445 e. The number of carbonyl (C=O) groups excluding carboxylic acids is 2. The van der Waals surface area contributed by atoms with E-state index in [4.69, 9.17) is 4.74 Å². The van der Waals surface area contributed by atoms with Gasteiger partial charge in [0.1, 0.15) is 12.6 Å². The van der Waals surface area contributed by atoms with Crippen molar-refractivity contribution >= 4 is 17.7 Å². The van der Waals surface area contributed by atoms with E-state index in [0.29, 0.717) is 13.0 Å². The number of hydrogen-bond donors (Lipinski definition) is 1. The maximum absolute atomic E-state index is 12.7. The van der Waals surface area contributed by atoms with E-state index in [0.717, 1.165) is 28.8 Å². The predicted octanol–water partition coefficient (Wildman–Crippen LogP) is 4.04. The van der Waals surface area contributed by atoms with Crippen LogP contribution in [0.3, 0.4) is 0 Å². The number of anilines is 1. The second-order valence-electron chi connectivity index (χ2n) is 6.70. The minimum absolute atomic E-state index is 0.161. The first kappa shape index (κ1) is 18.0. The summed E-state index contributed by atoms with van der Waals surface area (Å²) in [7, 11) is 0. The van der Waals surface area contributed by atoms with Gasteiger partial charge in [0, 0.05) is 12.2 Å². The van der Waals surface area contributed by atoms with Crippen molar-refractivity contribution < 1.29 is 14.3 Å². The molecule has 1 heterocycles. The first-order valence-electron chi connectivity index (χ1n) is 8.90. The molecule has 1 fully saturated rings. The molecule has 1 saturated heterocycles. The van der Waals surface area contributed by atoms with Gasteiger partial charge >= 0.3 is 6.09 Å². The number of ether oxygens (including phenoxy) is 1. The van der Waals surface area contributed by atoms with Crippen molar-refractivity contribution in [2.75, 3.05) is 11.9 Å². The number of hydrogen-bond acceptors (Lipinski definition) is 3. The molecular weight excluding hydrogens is 328 g/mol. The molecule has 2 aromatic carbocycles. The zero-order valence-electron chi connectivity index (χ0n) is 15.2. The van der Waals surface area contributed by atoms with Crippen molar-refractivity contribution in [1.82, 2.24) is 4.90 Å². The summed E-state index contributed by atoms with van der Waals surface area (Å²) in [6.07, 6.45) is 1.01. The Morgan fingerprint density at radius 2 is 1.92 bits per heavy atom. The van der Waals surface area contributed by atoms with E-state index in [1.807, 2.05) is 62.4 Å². The van der Waals surface area contributed by atoms with E-state index in [1.54, 1.807) is 0 Å². The van der Waals surface area contributed by atoms with Crippen LogP contribution in [0.15, 0.2) is 48.5 Å². The quantitative estimate of drug-likeness (QED) is 0.903. The van der Waals surface area contributed by atoms with Crippen LogP contribution in [0.1, 0.15) is 29.5 Å². The summed E-state index contributed by atoms with van der Waals surface area (Å²) >= 11 is 0.